The lowest BCUT2D eigenvalue weighted by Gasteiger charge is -2.08. The second-order valence-electron chi connectivity index (χ2n) is 7.23. The quantitative estimate of drug-likeness (QED) is 0.515. The number of nitrogens with zero attached hydrogens (tertiary/aromatic N) is 2. The molecular formula is C23H19N3O2S. The van der Waals surface area contributed by atoms with Gasteiger partial charge in [0.25, 0.3) is 5.91 Å². The summed E-state index contributed by atoms with van der Waals surface area (Å²) in [6.07, 6.45) is 0.921. The number of anilines is 1. The molecule has 0 spiro atoms. The van der Waals surface area contributed by atoms with Gasteiger partial charge in [-0.25, -0.2) is 4.98 Å². The van der Waals surface area contributed by atoms with Crippen molar-refractivity contribution < 1.29 is 9.53 Å². The van der Waals surface area contributed by atoms with Crippen LogP contribution in [-0.4, -0.2) is 22.5 Å². The van der Waals surface area contributed by atoms with Crippen LogP contribution in [0.15, 0.2) is 47.8 Å². The van der Waals surface area contributed by atoms with E-state index >= 15 is 0 Å². The second-order valence-corrected chi connectivity index (χ2v) is 8.09. The summed E-state index contributed by atoms with van der Waals surface area (Å²) in [5, 5.41) is 6.42. The lowest BCUT2D eigenvalue weighted by atomic mass is 10.1. The van der Waals surface area contributed by atoms with E-state index in [1.807, 2.05) is 55.6 Å². The minimum Gasteiger partial charge on any atom is -0.493 e. The zero-order valence-electron chi connectivity index (χ0n) is 16.2. The number of amides is 1. The number of fused-ring (bicyclic) bond motifs is 2. The van der Waals surface area contributed by atoms with E-state index in [1.165, 1.54) is 16.9 Å². The van der Waals surface area contributed by atoms with Gasteiger partial charge in [-0.1, -0.05) is 11.6 Å². The maximum atomic E-state index is 12.9. The summed E-state index contributed by atoms with van der Waals surface area (Å²) in [5.74, 6) is 0.758. The van der Waals surface area contributed by atoms with Crippen molar-refractivity contribution in [1.82, 2.24) is 9.97 Å². The number of aryl methyl sites for hydroxylation is 2. The fraction of sp³-hybridized carbons (Fsp3) is 0.174. The van der Waals surface area contributed by atoms with Gasteiger partial charge in [0.05, 0.1) is 29.1 Å². The lowest BCUT2D eigenvalue weighted by molar-refractivity contribution is 0.102. The first-order valence-electron chi connectivity index (χ1n) is 9.48. The topological polar surface area (TPSA) is 64.1 Å². The minimum absolute atomic E-state index is 0.193. The number of hydrogen-bond acceptors (Lipinski definition) is 5. The van der Waals surface area contributed by atoms with Gasteiger partial charge in [0.15, 0.2) is 5.13 Å². The number of rotatable bonds is 3. The van der Waals surface area contributed by atoms with Crippen LogP contribution in [0.4, 0.5) is 5.13 Å². The average Bonchev–Trinajstić information content (AvgIpc) is 3.36. The van der Waals surface area contributed by atoms with E-state index in [4.69, 9.17) is 4.74 Å². The highest BCUT2D eigenvalue weighted by Crippen LogP contribution is 2.32. The summed E-state index contributed by atoms with van der Waals surface area (Å²) in [7, 11) is 0. The number of hydrogen-bond donors (Lipinski definition) is 1. The first-order valence-corrected chi connectivity index (χ1v) is 10.4. The molecule has 144 valence electrons. The smallest absolute Gasteiger partial charge is 0.259 e. The predicted octanol–water partition coefficient (Wildman–Crippen LogP) is 5.16. The van der Waals surface area contributed by atoms with Crippen LogP contribution in [0, 0.1) is 13.8 Å². The number of thiazole rings is 1. The molecule has 2 aromatic heterocycles. The van der Waals surface area contributed by atoms with Gasteiger partial charge in [0.1, 0.15) is 5.75 Å². The molecule has 0 saturated carbocycles. The Bertz CT molecular complexity index is 1260. The number of aromatic nitrogens is 2. The number of nitrogens with one attached hydrogen (secondary N) is 1. The Hall–Kier alpha value is -3.25. The summed E-state index contributed by atoms with van der Waals surface area (Å²) in [5.41, 5.74) is 6.38. The largest absolute Gasteiger partial charge is 0.493 e. The highest BCUT2D eigenvalue weighted by atomic mass is 32.1. The maximum absolute atomic E-state index is 12.9. The monoisotopic (exact) mass is 401 g/mol. The molecule has 0 atom stereocenters. The first-order chi connectivity index (χ1) is 14.1. The zero-order valence-corrected chi connectivity index (χ0v) is 17.0. The van der Waals surface area contributed by atoms with Gasteiger partial charge in [-0.15, -0.1) is 11.3 Å². The molecule has 6 heteroatoms. The van der Waals surface area contributed by atoms with Crippen molar-refractivity contribution in [2.45, 2.75) is 20.3 Å². The van der Waals surface area contributed by atoms with Crippen molar-refractivity contribution in [2.24, 2.45) is 0 Å². The molecule has 2 aromatic carbocycles. The fourth-order valence-corrected chi connectivity index (χ4v) is 4.31. The number of carbonyl (C=O) groups excluding carboxylic acids is 1. The summed E-state index contributed by atoms with van der Waals surface area (Å²) >= 11 is 1.42. The Morgan fingerprint density at radius 1 is 1.10 bits per heavy atom. The standard InChI is InChI=1S/C23H19N3O2S/c1-13-3-5-19-17(9-13)11-18(14(2)24-19)22(27)26-23-25-20(12-29-23)15-4-6-21-16(10-15)7-8-28-21/h3-6,9-12H,7-8H2,1-2H3,(H,25,26,27). The Balaban J connectivity index is 1.40. The highest BCUT2D eigenvalue weighted by Gasteiger charge is 2.16. The number of carbonyl (C=O) groups is 1. The van der Waals surface area contributed by atoms with Crippen LogP contribution in [-0.2, 0) is 6.42 Å². The van der Waals surface area contributed by atoms with Crippen LogP contribution in [0.5, 0.6) is 5.75 Å². The zero-order chi connectivity index (χ0) is 20.0. The second kappa shape index (κ2) is 6.97. The molecule has 5 rings (SSSR count). The molecule has 0 bridgehead atoms. The van der Waals surface area contributed by atoms with E-state index in [9.17, 15) is 4.79 Å². The summed E-state index contributed by atoms with van der Waals surface area (Å²) in [6.45, 7) is 4.62. The summed E-state index contributed by atoms with van der Waals surface area (Å²) in [4.78, 5) is 22.0. The molecule has 4 aromatic rings. The van der Waals surface area contributed by atoms with Crippen LogP contribution in [0.3, 0.4) is 0 Å². The third-order valence-corrected chi connectivity index (χ3v) is 5.87. The van der Waals surface area contributed by atoms with Gasteiger partial charge >= 0.3 is 0 Å². The highest BCUT2D eigenvalue weighted by molar-refractivity contribution is 7.14. The molecule has 0 saturated heterocycles. The van der Waals surface area contributed by atoms with E-state index in [-0.39, 0.29) is 5.91 Å². The molecule has 1 aliphatic heterocycles. The number of benzene rings is 2. The van der Waals surface area contributed by atoms with E-state index < -0.39 is 0 Å². The number of ether oxygens (including phenoxy) is 1. The molecule has 29 heavy (non-hydrogen) atoms. The molecule has 1 amide bonds. The molecule has 0 radical (unpaired) electrons. The number of pyridine rings is 1. The van der Waals surface area contributed by atoms with Crippen LogP contribution in [0.2, 0.25) is 0 Å². The fourth-order valence-electron chi connectivity index (χ4n) is 3.60. The van der Waals surface area contributed by atoms with E-state index in [1.54, 1.807) is 0 Å². The third-order valence-electron chi connectivity index (χ3n) is 5.12. The van der Waals surface area contributed by atoms with Crippen molar-refractivity contribution in [3.05, 3.63) is 70.2 Å². The van der Waals surface area contributed by atoms with Crippen LogP contribution >= 0.6 is 11.3 Å². The van der Waals surface area contributed by atoms with Crippen molar-refractivity contribution in [2.75, 3.05) is 11.9 Å². The molecule has 1 aliphatic rings. The van der Waals surface area contributed by atoms with E-state index in [0.29, 0.717) is 16.4 Å². The van der Waals surface area contributed by atoms with Crippen molar-refractivity contribution in [1.29, 1.82) is 0 Å². The van der Waals surface area contributed by atoms with Gasteiger partial charge in [-0.05, 0) is 55.8 Å². The van der Waals surface area contributed by atoms with E-state index in [2.05, 4.69) is 21.4 Å². The molecule has 0 unspecified atom stereocenters. The van der Waals surface area contributed by atoms with Crippen molar-refractivity contribution in [3.63, 3.8) is 0 Å². The van der Waals surface area contributed by atoms with Gasteiger partial charge in [-0.2, -0.15) is 0 Å². The SMILES string of the molecule is Cc1ccc2nc(C)c(C(=O)Nc3nc(-c4ccc5c(c4)CCO5)cs3)cc2c1. The van der Waals surface area contributed by atoms with Crippen molar-refractivity contribution >= 4 is 33.3 Å². The van der Waals surface area contributed by atoms with Gasteiger partial charge in [-0.3, -0.25) is 15.1 Å². The molecular weight excluding hydrogens is 382 g/mol. The van der Waals surface area contributed by atoms with Crippen LogP contribution in [0.25, 0.3) is 22.2 Å². The average molecular weight is 401 g/mol. The maximum Gasteiger partial charge on any atom is 0.259 e. The van der Waals surface area contributed by atoms with Gasteiger partial charge in [0.2, 0.25) is 0 Å². The Labute approximate surface area is 172 Å². The Morgan fingerprint density at radius 2 is 2.00 bits per heavy atom. The molecule has 5 nitrogen and oxygen atoms in total. The summed E-state index contributed by atoms with van der Waals surface area (Å²) in [6, 6.07) is 14.0. The third kappa shape index (κ3) is 3.36. The van der Waals surface area contributed by atoms with E-state index in [0.717, 1.165) is 46.5 Å². The Morgan fingerprint density at radius 3 is 2.90 bits per heavy atom. The van der Waals surface area contributed by atoms with Gasteiger partial charge in [0, 0.05) is 22.8 Å². The minimum atomic E-state index is -0.193. The van der Waals surface area contributed by atoms with Crippen LogP contribution < -0.4 is 10.1 Å². The van der Waals surface area contributed by atoms with Crippen molar-refractivity contribution in [3.8, 4) is 17.0 Å². The summed E-state index contributed by atoms with van der Waals surface area (Å²) < 4.78 is 5.56. The first kappa shape index (κ1) is 17.8. The van der Waals surface area contributed by atoms with Gasteiger partial charge < -0.3 is 4.74 Å². The molecule has 3 heterocycles. The predicted molar refractivity (Wildman–Crippen MR) is 116 cm³/mol. The lowest BCUT2D eigenvalue weighted by Crippen LogP contribution is -2.14. The van der Waals surface area contributed by atoms with Crippen LogP contribution in [0.1, 0.15) is 27.2 Å². The molecule has 0 fully saturated rings. The molecule has 1 N–H and O–H groups in total. The Kier molecular flexibility index (Phi) is 4.28. The normalized spacial score (nSPS) is 12.6. The molecule has 0 aliphatic carbocycles.